The van der Waals surface area contributed by atoms with E-state index >= 15 is 0 Å². The first-order valence-electron chi connectivity index (χ1n) is 6.78. The van der Waals surface area contributed by atoms with E-state index in [0.29, 0.717) is 5.69 Å². The zero-order valence-electron chi connectivity index (χ0n) is 12.0. The predicted molar refractivity (Wildman–Crippen MR) is 78.8 cm³/mol. The molecule has 2 aromatic heterocycles. The van der Waals surface area contributed by atoms with Crippen LogP contribution in [0.15, 0.2) is 55.0 Å². The molecule has 0 aliphatic carbocycles. The largest absolute Gasteiger partial charge is 0.476 e. The number of hydrogen-bond donors (Lipinski definition) is 1. The van der Waals surface area contributed by atoms with E-state index in [9.17, 15) is 23.1 Å². The minimum Gasteiger partial charge on any atom is -0.476 e. The Kier molecular flexibility index (Phi) is 3.80. The van der Waals surface area contributed by atoms with Gasteiger partial charge < -0.3 is 5.11 Å². The minimum atomic E-state index is -4.61. The van der Waals surface area contributed by atoms with Crippen LogP contribution in [0.2, 0.25) is 0 Å². The molecule has 122 valence electrons. The van der Waals surface area contributed by atoms with Crippen molar-refractivity contribution in [3.05, 3.63) is 66.2 Å². The number of nitrogens with zero attached hydrogens (tertiary/aromatic N) is 3. The van der Waals surface area contributed by atoms with Gasteiger partial charge in [-0.3, -0.25) is 4.98 Å². The fraction of sp³-hybridized carbons (Fsp3) is 0.0625. The summed E-state index contributed by atoms with van der Waals surface area (Å²) in [6, 6.07) is 8.02. The number of benzene rings is 1. The van der Waals surface area contributed by atoms with E-state index in [1.807, 2.05) is 0 Å². The van der Waals surface area contributed by atoms with Crippen LogP contribution in [0.1, 0.15) is 16.1 Å². The fourth-order valence-corrected chi connectivity index (χ4v) is 2.32. The third-order valence-corrected chi connectivity index (χ3v) is 3.35. The van der Waals surface area contributed by atoms with Crippen molar-refractivity contribution in [3.8, 4) is 16.8 Å². The number of aromatic carboxylic acids is 1. The van der Waals surface area contributed by atoms with Crippen LogP contribution >= 0.6 is 0 Å². The summed E-state index contributed by atoms with van der Waals surface area (Å²) in [5.74, 6) is -1.41. The van der Waals surface area contributed by atoms with Crippen LogP contribution in [0, 0.1) is 0 Å². The van der Waals surface area contributed by atoms with Crippen LogP contribution in [0.25, 0.3) is 16.8 Å². The molecule has 0 bridgehead atoms. The second kappa shape index (κ2) is 5.80. The molecule has 3 rings (SSSR count). The first kappa shape index (κ1) is 15.7. The molecule has 0 saturated carbocycles. The molecule has 8 heteroatoms. The highest BCUT2D eigenvalue weighted by Gasteiger charge is 2.35. The predicted octanol–water partition coefficient (Wildman–Crippen LogP) is 3.65. The topological polar surface area (TPSA) is 68.0 Å². The van der Waals surface area contributed by atoms with Crippen LogP contribution in [0.3, 0.4) is 0 Å². The van der Waals surface area contributed by atoms with E-state index in [4.69, 9.17) is 0 Å². The molecule has 1 N–H and O–H groups in total. The lowest BCUT2D eigenvalue weighted by atomic mass is 10.00. The van der Waals surface area contributed by atoms with Crippen LogP contribution in [-0.2, 0) is 6.18 Å². The van der Waals surface area contributed by atoms with Crippen molar-refractivity contribution >= 4 is 5.97 Å². The molecule has 0 aliphatic rings. The van der Waals surface area contributed by atoms with Crippen molar-refractivity contribution in [2.75, 3.05) is 0 Å². The fourth-order valence-electron chi connectivity index (χ4n) is 2.32. The highest BCUT2D eigenvalue weighted by atomic mass is 19.4. The molecular formula is C16H10F3N3O2. The summed E-state index contributed by atoms with van der Waals surface area (Å²) < 4.78 is 40.8. The lowest BCUT2D eigenvalue weighted by Gasteiger charge is -2.11. The van der Waals surface area contributed by atoms with Crippen LogP contribution < -0.4 is 0 Å². The normalized spacial score (nSPS) is 11.5. The number of carbonyl (C=O) groups is 1. The summed E-state index contributed by atoms with van der Waals surface area (Å²) in [7, 11) is 0. The molecule has 0 aliphatic heterocycles. The standard InChI is InChI=1S/C16H10F3N3O2/c17-16(18,19)13-6-2-1-5-11(13)12-9-22(21-14(12)15(23)24)10-4-3-7-20-8-10/h1-9H,(H,23,24). The van der Waals surface area contributed by atoms with Crippen molar-refractivity contribution < 1.29 is 23.1 Å². The summed E-state index contributed by atoms with van der Waals surface area (Å²) in [6.07, 6.45) is -0.406. The smallest absolute Gasteiger partial charge is 0.417 e. The third kappa shape index (κ3) is 2.85. The maximum atomic E-state index is 13.2. The van der Waals surface area contributed by atoms with Gasteiger partial charge in [-0.25, -0.2) is 9.48 Å². The van der Waals surface area contributed by atoms with Crippen molar-refractivity contribution in [1.82, 2.24) is 14.8 Å². The summed E-state index contributed by atoms with van der Waals surface area (Å²) in [5, 5.41) is 13.2. The summed E-state index contributed by atoms with van der Waals surface area (Å²) in [5.41, 5.74) is -1.29. The van der Waals surface area contributed by atoms with Gasteiger partial charge in [-0.2, -0.15) is 18.3 Å². The van der Waals surface area contributed by atoms with E-state index in [-0.39, 0.29) is 11.1 Å². The van der Waals surface area contributed by atoms with Gasteiger partial charge in [0.2, 0.25) is 0 Å². The van der Waals surface area contributed by atoms with Crippen molar-refractivity contribution in [1.29, 1.82) is 0 Å². The molecule has 0 saturated heterocycles. The summed E-state index contributed by atoms with van der Waals surface area (Å²) >= 11 is 0. The zero-order chi connectivity index (χ0) is 17.3. The molecule has 24 heavy (non-hydrogen) atoms. The maximum absolute atomic E-state index is 13.2. The van der Waals surface area contributed by atoms with Gasteiger partial charge in [0, 0.05) is 18.0 Å². The molecule has 0 unspecified atom stereocenters. The van der Waals surface area contributed by atoms with Gasteiger partial charge in [0.25, 0.3) is 0 Å². The molecule has 5 nitrogen and oxygen atoms in total. The maximum Gasteiger partial charge on any atom is 0.417 e. The number of rotatable bonds is 3. The molecule has 3 aromatic rings. The second-order valence-electron chi connectivity index (χ2n) is 4.90. The van der Waals surface area contributed by atoms with Gasteiger partial charge in [0.15, 0.2) is 5.69 Å². The first-order chi connectivity index (χ1) is 11.4. The van der Waals surface area contributed by atoms with Crippen molar-refractivity contribution in [3.63, 3.8) is 0 Å². The first-order valence-corrected chi connectivity index (χ1v) is 6.78. The van der Waals surface area contributed by atoms with Gasteiger partial charge in [-0.1, -0.05) is 18.2 Å². The van der Waals surface area contributed by atoms with Gasteiger partial charge in [-0.05, 0) is 23.8 Å². The van der Waals surface area contributed by atoms with E-state index in [2.05, 4.69) is 10.1 Å². The number of alkyl halides is 3. The highest BCUT2D eigenvalue weighted by molar-refractivity contribution is 5.94. The summed E-state index contributed by atoms with van der Waals surface area (Å²) in [4.78, 5) is 15.3. The molecule has 0 fully saturated rings. The third-order valence-electron chi connectivity index (χ3n) is 3.35. The van der Waals surface area contributed by atoms with Crippen molar-refractivity contribution in [2.24, 2.45) is 0 Å². The van der Waals surface area contributed by atoms with Crippen LogP contribution in [-0.4, -0.2) is 25.8 Å². The average Bonchev–Trinajstić information content (AvgIpc) is 3.00. The second-order valence-corrected chi connectivity index (χ2v) is 4.90. The lowest BCUT2D eigenvalue weighted by Crippen LogP contribution is -2.08. The monoisotopic (exact) mass is 333 g/mol. The minimum absolute atomic E-state index is 0.112. The zero-order valence-corrected chi connectivity index (χ0v) is 12.0. The Labute approximate surface area is 134 Å². The highest BCUT2D eigenvalue weighted by Crippen LogP contribution is 2.38. The lowest BCUT2D eigenvalue weighted by molar-refractivity contribution is -0.137. The van der Waals surface area contributed by atoms with E-state index in [0.717, 1.165) is 6.07 Å². The molecule has 2 heterocycles. The number of carboxylic acids is 1. The summed E-state index contributed by atoms with van der Waals surface area (Å²) in [6.45, 7) is 0. The number of carboxylic acid groups (broad SMARTS) is 1. The molecule has 0 atom stereocenters. The Morgan fingerprint density at radius 3 is 2.46 bits per heavy atom. The van der Waals surface area contributed by atoms with Gasteiger partial charge >= 0.3 is 12.1 Å². The van der Waals surface area contributed by atoms with Gasteiger partial charge in [0.1, 0.15) is 0 Å². The van der Waals surface area contributed by atoms with E-state index in [1.165, 1.54) is 41.5 Å². The van der Waals surface area contributed by atoms with Crippen molar-refractivity contribution in [2.45, 2.75) is 6.18 Å². The Balaban J connectivity index is 2.22. The van der Waals surface area contributed by atoms with E-state index in [1.54, 1.807) is 12.1 Å². The number of aromatic nitrogens is 3. The number of hydrogen-bond acceptors (Lipinski definition) is 3. The van der Waals surface area contributed by atoms with Crippen LogP contribution in [0.4, 0.5) is 13.2 Å². The van der Waals surface area contributed by atoms with E-state index < -0.39 is 23.4 Å². The average molecular weight is 333 g/mol. The Morgan fingerprint density at radius 2 is 1.83 bits per heavy atom. The molecule has 0 amide bonds. The number of pyridine rings is 1. The molecule has 1 aromatic carbocycles. The van der Waals surface area contributed by atoms with Gasteiger partial charge in [-0.15, -0.1) is 0 Å². The molecule has 0 radical (unpaired) electrons. The Morgan fingerprint density at radius 1 is 1.08 bits per heavy atom. The van der Waals surface area contributed by atoms with Gasteiger partial charge in [0.05, 0.1) is 17.4 Å². The quantitative estimate of drug-likeness (QED) is 0.794. The molecule has 0 spiro atoms. The molecular weight excluding hydrogens is 323 g/mol. The Bertz CT molecular complexity index is 889. The number of halogens is 3. The Hall–Kier alpha value is -3.16. The SMILES string of the molecule is O=C(O)c1nn(-c2cccnc2)cc1-c1ccccc1C(F)(F)F. The van der Waals surface area contributed by atoms with Crippen LogP contribution in [0.5, 0.6) is 0 Å².